The molecule has 236 valence electrons. The number of carbonyl (C=O) groups excluding carboxylic acids is 3. The van der Waals surface area contributed by atoms with Crippen molar-refractivity contribution in [2.24, 2.45) is 5.10 Å². The van der Waals surface area contributed by atoms with Gasteiger partial charge in [-0.1, -0.05) is 29.8 Å². The number of rotatable bonds is 13. The first-order chi connectivity index (χ1) is 21.7. The Hall–Kier alpha value is -5.23. The van der Waals surface area contributed by atoms with E-state index in [4.69, 9.17) is 35.3 Å². The van der Waals surface area contributed by atoms with Crippen LogP contribution in [0.5, 0.6) is 23.0 Å². The molecule has 3 aromatic carbocycles. The third-order valence-electron chi connectivity index (χ3n) is 6.52. The minimum atomic E-state index is -0.777. The molecule has 12 nitrogen and oxygen atoms in total. The van der Waals surface area contributed by atoms with Crippen molar-refractivity contribution in [3.63, 3.8) is 0 Å². The highest BCUT2D eigenvalue weighted by atomic mass is 35.5. The molecular formula is C32H33ClN4O8. The SMILES string of the molecule is CCOC(=O)C1=C(C)NC(=O)N[C@H]1c1ccc(OCC(=O)N/N=C/c2ccc(OCc3cccc(Cl)c3)c(OC)c2)c(OC)c1. The van der Waals surface area contributed by atoms with Crippen LogP contribution in [-0.4, -0.2) is 51.6 Å². The standard InChI is InChI=1S/C32H33ClN4O8/c1-5-43-31(39)29-19(2)35-32(40)36-30(29)22-10-12-25(27(15-22)42-4)45-18-28(38)37-34-16-20-9-11-24(26(14-20)41-3)44-17-21-7-6-8-23(33)13-21/h6-16,30H,5,17-18H2,1-4H3,(H,37,38)(H2,35,36,40)/b34-16+/t30-/m0/s1. The van der Waals surface area contributed by atoms with Crippen molar-refractivity contribution >= 4 is 35.7 Å². The van der Waals surface area contributed by atoms with Gasteiger partial charge in [0.25, 0.3) is 5.91 Å². The molecule has 13 heteroatoms. The van der Waals surface area contributed by atoms with Crippen molar-refractivity contribution in [1.82, 2.24) is 16.1 Å². The Morgan fingerprint density at radius 1 is 0.978 bits per heavy atom. The summed E-state index contributed by atoms with van der Waals surface area (Å²) in [5.41, 5.74) is 5.20. The molecule has 4 rings (SSSR count). The number of allylic oxidation sites excluding steroid dienone is 1. The van der Waals surface area contributed by atoms with Crippen LogP contribution < -0.4 is 35.0 Å². The second kappa shape index (κ2) is 15.5. The molecule has 1 heterocycles. The van der Waals surface area contributed by atoms with Gasteiger partial charge in [-0.25, -0.2) is 15.0 Å². The van der Waals surface area contributed by atoms with Crippen LogP contribution >= 0.6 is 11.6 Å². The normalized spacial score (nSPS) is 14.3. The predicted octanol–water partition coefficient (Wildman–Crippen LogP) is 4.66. The second-order valence-electron chi connectivity index (χ2n) is 9.61. The van der Waals surface area contributed by atoms with Gasteiger partial charge in [-0.2, -0.15) is 5.10 Å². The van der Waals surface area contributed by atoms with Crippen LogP contribution in [0.4, 0.5) is 4.79 Å². The van der Waals surface area contributed by atoms with E-state index in [0.29, 0.717) is 45.7 Å². The lowest BCUT2D eigenvalue weighted by Crippen LogP contribution is -2.45. The lowest BCUT2D eigenvalue weighted by atomic mass is 9.95. The van der Waals surface area contributed by atoms with E-state index in [1.165, 1.54) is 20.4 Å². The Labute approximate surface area is 265 Å². The molecule has 0 aromatic heterocycles. The Kier molecular flexibility index (Phi) is 11.2. The number of esters is 1. The van der Waals surface area contributed by atoms with Gasteiger partial charge in [-0.05, 0) is 73.0 Å². The Morgan fingerprint density at radius 3 is 2.44 bits per heavy atom. The van der Waals surface area contributed by atoms with E-state index in [9.17, 15) is 14.4 Å². The molecule has 0 spiro atoms. The van der Waals surface area contributed by atoms with Gasteiger partial charge in [0, 0.05) is 10.7 Å². The number of hydrogen-bond acceptors (Lipinski definition) is 9. The summed E-state index contributed by atoms with van der Waals surface area (Å²) in [7, 11) is 2.97. The lowest BCUT2D eigenvalue weighted by molar-refractivity contribution is -0.139. The molecule has 1 aliphatic heterocycles. The monoisotopic (exact) mass is 636 g/mol. The van der Waals surface area contributed by atoms with Crippen LogP contribution in [0.25, 0.3) is 0 Å². The number of benzene rings is 3. The van der Waals surface area contributed by atoms with E-state index in [1.54, 1.807) is 56.3 Å². The molecule has 0 bridgehead atoms. The molecule has 1 aliphatic rings. The summed E-state index contributed by atoms with van der Waals surface area (Å²) < 4.78 is 27.6. The molecule has 0 radical (unpaired) electrons. The average molecular weight is 637 g/mol. The van der Waals surface area contributed by atoms with Crippen LogP contribution in [0, 0.1) is 0 Å². The number of hydrazone groups is 1. The van der Waals surface area contributed by atoms with Gasteiger partial charge in [-0.15, -0.1) is 0 Å². The van der Waals surface area contributed by atoms with Crippen LogP contribution in [-0.2, 0) is 20.9 Å². The fraction of sp³-hybridized carbons (Fsp3) is 0.250. The number of nitrogens with one attached hydrogen (secondary N) is 3. The Balaban J connectivity index is 1.35. The summed E-state index contributed by atoms with van der Waals surface area (Å²) in [6.07, 6.45) is 1.46. The molecule has 45 heavy (non-hydrogen) atoms. The quantitative estimate of drug-likeness (QED) is 0.140. The number of hydrogen-bond donors (Lipinski definition) is 3. The molecule has 3 aromatic rings. The minimum absolute atomic E-state index is 0.180. The van der Waals surface area contributed by atoms with Crippen molar-refractivity contribution in [3.05, 3.63) is 93.6 Å². The summed E-state index contributed by atoms with van der Waals surface area (Å²) in [6.45, 7) is 3.46. The molecule has 0 saturated heterocycles. The van der Waals surface area contributed by atoms with E-state index in [-0.39, 0.29) is 24.5 Å². The molecule has 0 aliphatic carbocycles. The fourth-order valence-electron chi connectivity index (χ4n) is 4.43. The van der Waals surface area contributed by atoms with Gasteiger partial charge < -0.3 is 34.3 Å². The Bertz CT molecular complexity index is 1620. The topological polar surface area (TPSA) is 146 Å². The summed E-state index contributed by atoms with van der Waals surface area (Å²) in [5, 5.41) is 9.94. The fourth-order valence-corrected chi connectivity index (χ4v) is 4.65. The number of methoxy groups -OCH3 is 2. The molecule has 1 atom stereocenters. The van der Waals surface area contributed by atoms with E-state index in [2.05, 4.69) is 21.2 Å². The first-order valence-corrected chi connectivity index (χ1v) is 14.2. The van der Waals surface area contributed by atoms with Gasteiger partial charge in [0.05, 0.1) is 38.7 Å². The summed E-state index contributed by atoms with van der Waals surface area (Å²) in [4.78, 5) is 37.2. The maximum atomic E-state index is 12.6. The van der Waals surface area contributed by atoms with E-state index in [0.717, 1.165) is 5.56 Å². The van der Waals surface area contributed by atoms with Crippen LogP contribution in [0.1, 0.15) is 36.6 Å². The van der Waals surface area contributed by atoms with Gasteiger partial charge in [0.1, 0.15) is 6.61 Å². The maximum Gasteiger partial charge on any atom is 0.338 e. The molecule has 3 N–H and O–H groups in total. The highest BCUT2D eigenvalue weighted by Crippen LogP contribution is 2.34. The number of urea groups is 1. The first kappa shape index (κ1) is 32.7. The van der Waals surface area contributed by atoms with E-state index in [1.807, 2.05) is 18.2 Å². The number of ether oxygens (including phenoxy) is 5. The highest BCUT2D eigenvalue weighted by Gasteiger charge is 2.32. The summed E-state index contributed by atoms with van der Waals surface area (Å²) >= 11 is 6.04. The minimum Gasteiger partial charge on any atom is -0.493 e. The number of nitrogens with zero attached hydrogens (tertiary/aromatic N) is 1. The Morgan fingerprint density at radius 2 is 1.71 bits per heavy atom. The predicted molar refractivity (Wildman–Crippen MR) is 167 cm³/mol. The van der Waals surface area contributed by atoms with Gasteiger partial charge in [-0.3, -0.25) is 4.79 Å². The molecule has 0 unspecified atom stereocenters. The largest absolute Gasteiger partial charge is 0.493 e. The average Bonchev–Trinajstić information content (AvgIpc) is 3.02. The van der Waals surface area contributed by atoms with Crippen molar-refractivity contribution in [1.29, 1.82) is 0 Å². The van der Waals surface area contributed by atoms with Crippen molar-refractivity contribution in [2.45, 2.75) is 26.5 Å². The van der Waals surface area contributed by atoms with Crippen LogP contribution in [0.15, 0.2) is 77.0 Å². The third kappa shape index (κ3) is 8.67. The van der Waals surface area contributed by atoms with Gasteiger partial charge >= 0.3 is 12.0 Å². The molecule has 3 amide bonds. The van der Waals surface area contributed by atoms with E-state index < -0.39 is 23.9 Å². The highest BCUT2D eigenvalue weighted by molar-refractivity contribution is 6.30. The maximum absolute atomic E-state index is 12.6. The lowest BCUT2D eigenvalue weighted by Gasteiger charge is -2.28. The zero-order chi connectivity index (χ0) is 32.3. The summed E-state index contributed by atoms with van der Waals surface area (Å²) in [6, 6.07) is 16.2. The van der Waals surface area contributed by atoms with Crippen LogP contribution in [0.3, 0.4) is 0 Å². The zero-order valence-electron chi connectivity index (χ0n) is 25.1. The number of amides is 3. The van der Waals surface area contributed by atoms with Crippen LogP contribution in [0.2, 0.25) is 5.02 Å². The van der Waals surface area contributed by atoms with Crippen molar-refractivity contribution in [2.75, 3.05) is 27.4 Å². The summed E-state index contributed by atoms with van der Waals surface area (Å²) in [5.74, 6) is 0.535. The first-order valence-electron chi connectivity index (χ1n) is 13.9. The van der Waals surface area contributed by atoms with Crippen molar-refractivity contribution < 1.29 is 38.1 Å². The number of carbonyl (C=O) groups is 3. The third-order valence-corrected chi connectivity index (χ3v) is 6.75. The van der Waals surface area contributed by atoms with Gasteiger partial charge in [0.2, 0.25) is 0 Å². The van der Waals surface area contributed by atoms with Gasteiger partial charge in [0.15, 0.2) is 29.6 Å². The zero-order valence-corrected chi connectivity index (χ0v) is 25.9. The van der Waals surface area contributed by atoms with E-state index >= 15 is 0 Å². The number of halogens is 1. The second-order valence-corrected chi connectivity index (χ2v) is 10.0. The molecular weight excluding hydrogens is 604 g/mol. The molecule has 0 fully saturated rings. The smallest absolute Gasteiger partial charge is 0.338 e. The molecule has 0 saturated carbocycles. The van der Waals surface area contributed by atoms with Crippen molar-refractivity contribution in [3.8, 4) is 23.0 Å².